The number of thiazole rings is 1. The van der Waals surface area contributed by atoms with Crippen LogP contribution in [0.3, 0.4) is 0 Å². The minimum absolute atomic E-state index is 0.0384. The van der Waals surface area contributed by atoms with Crippen molar-refractivity contribution in [2.45, 2.75) is 25.7 Å². The van der Waals surface area contributed by atoms with Gasteiger partial charge in [0.1, 0.15) is 24.1 Å². The lowest BCUT2D eigenvalue weighted by molar-refractivity contribution is -0.140. The highest BCUT2D eigenvalue weighted by Gasteiger charge is 2.46. The van der Waals surface area contributed by atoms with Crippen molar-refractivity contribution in [1.82, 2.24) is 4.57 Å². The third-order valence-electron chi connectivity index (χ3n) is 7.82. The van der Waals surface area contributed by atoms with Gasteiger partial charge in [0.05, 0.1) is 29.4 Å². The second-order valence-electron chi connectivity index (χ2n) is 10.8. The van der Waals surface area contributed by atoms with Crippen LogP contribution in [-0.4, -0.2) is 41.5 Å². The third-order valence-corrected chi connectivity index (χ3v) is 8.80. The van der Waals surface area contributed by atoms with Gasteiger partial charge in [-0.25, -0.2) is 14.6 Å². The van der Waals surface area contributed by atoms with Gasteiger partial charge < -0.3 is 19.3 Å². The number of carbonyl (C=O) groups is 2. The van der Waals surface area contributed by atoms with Crippen molar-refractivity contribution in [2.75, 3.05) is 13.7 Å². The minimum Gasteiger partial charge on any atom is -0.496 e. The summed E-state index contributed by atoms with van der Waals surface area (Å²) in [5, 5.41) is 10.3. The number of alkyl halides is 3. The number of allylic oxidation sites excluding steroid dienone is 1. The van der Waals surface area contributed by atoms with Gasteiger partial charge in [0.25, 0.3) is 5.56 Å². The predicted molar refractivity (Wildman–Crippen MR) is 175 cm³/mol. The molecule has 0 saturated carbocycles. The van der Waals surface area contributed by atoms with E-state index in [0.29, 0.717) is 27.6 Å². The first-order valence-electron chi connectivity index (χ1n) is 14.9. The summed E-state index contributed by atoms with van der Waals surface area (Å²) in [4.78, 5) is 42.5. The first kappa shape index (κ1) is 33.2. The first-order chi connectivity index (χ1) is 23.5. The molecule has 5 aromatic rings. The largest absolute Gasteiger partial charge is 0.496 e. The van der Waals surface area contributed by atoms with Crippen molar-refractivity contribution < 1.29 is 42.1 Å². The van der Waals surface area contributed by atoms with E-state index in [1.165, 1.54) is 32.2 Å². The summed E-state index contributed by atoms with van der Waals surface area (Å²) in [6.07, 6.45) is -3.58. The number of esters is 1. The molecule has 49 heavy (non-hydrogen) atoms. The lowest BCUT2D eigenvalue weighted by atomic mass is 9.90. The molecule has 0 bridgehead atoms. The standard InChI is InChI=1S/C36H27F3N2O7S/c1-3-47-34(45)29-30(28-24-10-6-4-8-21(24)16-17-26(28)46-2)41-32(42)27(49-35(41)40-31(29)36(37,38)39)18-23-9-5-7-11-25(23)48-19-20-12-14-22(15-13-20)33(43)44/h4-18,30H,3,19H2,1-2H3,(H,43,44)/b27-18-/t30-/m0/s1. The maximum Gasteiger partial charge on any atom is 0.434 e. The third kappa shape index (κ3) is 6.44. The van der Waals surface area contributed by atoms with Gasteiger partial charge in [-0.15, -0.1) is 0 Å². The number of carbonyl (C=O) groups excluding carboxylic acids is 1. The van der Waals surface area contributed by atoms with Crippen LogP contribution in [0.25, 0.3) is 16.8 Å². The highest BCUT2D eigenvalue weighted by Crippen LogP contribution is 2.43. The number of nitrogens with zero attached hydrogens (tertiary/aromatic N) is 2. The van der Waals surface area contributed by atoms with Crippen LogP contribution in [-0.2, 0) is 16.1 Å². The van der Waals surface area contributed by atoms with Crippen LogP contribution in [0.2, 0.25) is 0 Å². The van der Waals surface area contributed by atoms with Crippen molar-refractivity contribution in [3.8, 4) is 11.5 Å². The molecule has 13 heteroatoms. The zero-order chi connectivity index (χ0) is 34.9. The molecule has 6 rings (SSSR count). The Morgan fingerprint density at radius 3 is 2.39 bits per heavy atom. The van der Waals surface area contributed by atoms with Gasteiger partial charge in [0.15, 0.2) is 10.5 Å². The number of hydrogen-bond donors (Lipinski definition) is 1. The maximum atomic E-state index is 14.7. The summed E-state index contributed by atoms with van der Waals surface area (Å²) in [5.74, 6) is -1.79. The second-order valence-corrected chi connectivity index (χ2v) is 11.8. The fraction of sp³-hybridized carbons (Fsp3) is 0.167. The molecule has 0 unspecified atom stereocenters. The maximum absolute atomic E-state index is 14.7. The van der Waals surface area contributed by atoms with E-state index in [4.69, 9.17) is 19.3 Å². The van der Waals surface area contributed by atoms with Gasteiger partial charge in [-0.3, -0.25) is 9.36 Å². The van der Waals surface area contributed by atoms with E-state index in [0.717, 1.165) is 15.9 Å². The summed E-state index contributed by atoms with van der Waals surface area (Å²) < 4.78 is 62.1. The van der Waals surface area contributed by atoms with Gasteiger partial charge in [-0.2, -0.15) is 13.2 Å². The average Bonchev–Trinajstić information content (AvgIpc) is 3.40. The van der Waals surface area contributed by atoms with Gasteiger partial charge in [0, 0.05) is 11.1 Å². The summed E-state index contributed by atoms with van der Waals surface area (Å²) in [7, 11) is 1.35. The molecule has 1 aromatic heterocycles. The molecule has 0 spiro atoms. The molecular weight excluding hydrogens is 661 g/mol. The molecule has 1 aliphatic heterocycles. The molecule has 9 nitrogen and oxygen atoms in total. The topological polar surface area (TPSA) is 116 Å². The van der Waals surface area contributed by atoms with Crippen LogP contribution >= 0.6 is 11.3 Å². The molecule has 1 N–H and O–H groups in total. The normalized spacial score (nSPS) is 14.7. The van der Waals surface area contributed by atoms with Crippen LogP contribution in [0, 0.1) is 0 Å². The first-order valence-corrected chi connectivity index (χ1v) is 15.7. The molecule has 0 aliphatic carbocycles. The van der Waals surface area contributed by atoms with E-state index in [1.54, 1.807) is 72.8 Å². The van der Waals surface area contributed by atoms with Crippen LogP contribution in [0.15, 0.2) is 106 Å². The molecule has 2 heterocycles. The van der Waals surface area contributed by atoms with Crippen LogP contribution in [0.4, 0.5) is 13.2 Å². The predicted octanol–water partition coefficient (Wildman–Crippen LogP) is 5.78. The highest BCUT2D eigenvalue weighted by atomic mass is 32.1. The summed E-state index contributed by atoms with van der Waals surface area (Å²) >= 11 is 0.738. The van der Waals surface area contributed by atoms with E-state index >= 15 is 0 Å². The second kappa shape index (κ2) is 13.4. The van der Waals surface area contributed by atoms with Gasteiger partial charge in [-0.1, -0.05) is 72.0 Å². The van der Waals surface area contributed by atoms with E-state index in [2.05, 4.69) is 4.99 Å². The molecule has 250 valence electrons. The summed E-state index contributed by atoms with van der Waals surface area (Å²) in [6, 6.07) is 21.5. The number of methoxy groups -OCH3 is 1. The molecule has 4 aromatic carbocycles. The molecule has 0 fully saturated rings. The zero-order valence-electron chi connectivity index (χ0n) is 26.0. The molecule has 1 atom stereocenters. The lowest BCUT2D eigenvalue weighted by Gasteiger charge is -2.28. The van der Waals surface area contributed by atoms with E-state index in [-0.39, 0.29) is 39.4 Å². The van der Waals surface area contributed by atoms with Crippen molar-refractivity contribution in [3.63, 3.8) is 0 Å². The molecule has 0 amide bonds. The Kier molecular flexibility index (Phi) is 9.11. The smallest absolute Gasteiger partial charge is 0.434 e. The van der Waals surface area contributed by atoms with Crippen molar-refractivity contribution >= 4 is 40.1 Å². The van der Waals surface area contributed by atoms with Crippen LogP contribution < -0.4 is 24.4 Å². The number of halogens is 3. The Bertz CT molecular complexity index is 2310. The number of benzene rings is 4. The van der Waals surface area contributed by atoms with E-state index in [9.17, 15) is 27.6 Å². The van der Waals surface area contributed by atoms with Crippen molar-refractivity contribution in [2.24, 2.45) is 4.99 Å². The monoisotopic (exact) mass is 688 g/mol. The van der Waals surface area contributed by atoms with Crippen molar-refractivity contribution in [1.29, 1.82) is 0 Å². The molecular formula is C36H27F3N2O7S. The minimum atomic E-state index is -5.07. The number of ether oxygens (including phenoxy) is 3. The number of rotatable bonds is 9. The number of para-hydroxylation sites is 1. The fourth-order valence-electron chi connectivity index (χ4n) is 5.63. The Labute approximate surface area is 280 Å². The summed E-state index contributed by atoms with van der Waals surface area (Å²) in [6.45, 7) is 1.33. The molecule has 0 saturated heterocycles. The number of fused-ring (bicyclic) bond motifs is 2. The zero-order valence-corrected chi connectivity index (χ0v) is 26.8. The Balaban J connectivity index is 1.55. The van der Waals surface area contributed by atoms with E-state index < -0.39 is 41.0 Å². The van der Waals surface area contributed by atoms with E-state index in [1.807, 2.05) is 0 Å². The number of aromatic carboxylic acids is 1. The lowest BCUT2D eigenvalue weighted by Crippen LogP contribution is -2.41. The number of aromatic nitrogens is 1. The highest BCUT2D eigenvalue weighted by molar-refractivity contribution is 7.07. The summed E-state index contributed by atoms with van der Waals surface area (Å²) in [5.41, 5.74) is -1.54. The quantitative estimate of drug-likeness (QED) is 0.195. The number of carboxylic acid groups (broad SMARTS) is 1. The SMILES string of the molecule is CCOC(=O)C1=C(C(F)(F)F)N=c2s/c(=C\c3ccccc3OCc3ccc(C(=O)O)cc3)c(=O)n2[C@H]1c1c(OC)ccc2ccccc12. The van der Waals surface area contributed by atoms with Gasteiger partial charge in [-0.05, 0) is 53.6 Å². The number of carboxylic acids is 1. The van der Waals surface area contributed by atoms with Gasteiger partial charge in [0.2, 0.25) is 0 Å². The molecule has 1 aliphatic rings. The van der Waals surface area contributed by atoms with Crippen LogP contribution in [0.5, 0.6) is 11.5 Å². The Morgan fingerprint density at radius 1 is 0.980 bits per heavy atom. The van der Waals surface area contributed by atoms with Crippen LogP contribution in [0.1, 0.15) is 40.0 Å². The van der Waals surface area contributed by atoms with Crippen molar-refractivity contribution in [3.05, 3.63) is 138 Å². The number of hydrogen-bond acceptors (Lipinski definition) is 8. The fourth-order valence-corrected chi connectivity index (χ4v) is 6.62. The average molecular weight is 689 g/mol. The van der Waals surface area contributed by atoms with Gasteiger partial charge >= 0.3 is 18.1 Å². The Hall–Kier alpha value is -5.69. The Morgan fingerprint density at radius 2 is 1.69 bits per heavy atom. The molecule has 0 radical (unpaired) electrons.